The van der Waals surface area contributed by atoms with Crippen LogP contribution in [0.15, 0.2) is 36.9 Å². The number of rotatable bonds is 5. The molecular formula is C16H23NO. The predicted molar refractivity (Wildman–Crippen MR) is 77.2 cm³/mol. The van der Waals surface area contributed by atoms with Gasteiger partial charge in [-0.1, -0.05) is 18.9 Å². The molecule has 0 spiro atoms. The highest BCUT2D eigenvalue weighted by Crippen LogP contribution is 2.30. The molecule has 1 saturated carbocycles. The van der Waals surface area contributed by atoms with Crippen molar-refractivity contribution in [3.05, 3.63) is 36.9 Å². The number of anilines is 1. The van der Waals surface area contributed by atoms with Gasteiger partial charge in [-0.05, 0) is 49.4 Å². The summed E-state index contributed by atoms with van der Waals surface area (Å²) in [6.45, 7) is 3.87. The maximum atomic E-state index is 5.18. The van der Waals surface area contributed by atoms with Gasteiger partial charge in [0, 0.05) is 11.7 Å². The van der Waals surface area contributed by atoms with Gasteiger partial charge in [0.25, 0.3) is 0 Å². The summed E-state index contributed by atoms with van der Waals surface area (Å²) >= 11 is 0. The topological polar surface area (TPSA) is 21.3 Å². The molecule has 0 amide bonds. The van der Waals surface area contributed by atoms with Crippen molar-refractivity contribution in [2.24, 2.45) is 5.92 Å². The minimum Gasteiger partial charge on any atom is -0.497 e. The van der Waals surface area contributed by atoms with Crippen LogP contribution in [0.1, 0.15) is 32.1 Å². The van der Waals surface area contributed by atoms with Gasteiger partial charge in [-0.2, -0.15) is 0 Å². The second-order valence-electron chi connectivity index (χ2n) is 5.05. The van der Waals surface area contributed by atoms with Gasteiger partial charge >= 0.3 is 0 Å². The van der Waals surface area contributed by atoms with Gasteiger partial charge in [0.15, 0.2) is 0 Å². The van der Waals surface area contributed by atoms with Crippen molar-refractivity contribution in [3.63, 3.8) is 0 Å². The van der Waals surface area contributed by atoms with Gasteiger partial charge in [0.05, 0.1) is 7.11 Å². The van der Waals surface area contributed by atoms with Crippen molar-refractivity contribution in [3.8, 4) is 5.75 Å². The standard InChI is InChI=1S/C16H23NO/c1-3-6-13-7-4-5-8-16(13)17-14-9-11-15(18-2)12-10-14/h3,9-13,16-17H,1,4-8H2,2H3/t13-,16+/m0/s1. The summed E-state index contributed by atoms with van der Waals surface area (Å²) in [5.74, 6) is 1.64. The van der Waals surface area contributed by atoms with E-state index in [-0.39, 0.29) is 0 Å². The molecule has 1 N–H and O–H groups in total. The summed E-state index contributed by atoms with van der Waals surface area (Å²) < 4.78 is 5.18. The van der Waals surface area contributed by atoms with Crippen molar-refractivity contribution < 1.29 is 4.74 Å². The molecule has 0 radical (unpaired) electrons. The Morgan fingerprint density at radius 2 is 2.00 bits per heavy atom. The molecule has 1 aromatic rings. The first kappa shape index (κ1) is 13.0. The van der Waals surface area contributed by atoms with Crippen LogP contribution >= 0.6 is 0 Å². The lowest BCUT2D eigenvalue weighted by Crippen LogP contribution is -2.31. The third kappa shape index (κ3) is 3.28. The average molecular weight is 245 g/mol. The SMILES string of the molecule is C=CC[C@H]1CCCC[C@H]1Nc1ccc(OC)cc1. The van der Waals surface area contributed by atoms with E-state index in [2.05, 4.69) is 30.1 Å². The minimum absolute atomic E-state index is 0.588. The molecule has 98 valence electrons. The van der Waals surface area contributed by atoms with Crippen molar-refractivity contribution in [1.82, 2.24) is 0 Å². The number of hydrogen-bond acceptors (Lipinski definition) is 2. The molecule has 1 fully saturated rings. The van der Waals surface area contributed by atoms with Crippen LogP contribution in [0.4, 0.5) is 5.69 Å². The smallest absolute Gasteiger partial charge is 0.119 e. The molecule has 0 aliphatic heterocycles. The summed E-state index contributed by atoms with van der Waals surface area (Å²) in [6, 6.07) is 8.79. The van der Waals surface area contributed by atoms with Crippen LogP contribution < -0.4 is 10.1 Å². The number of allylic oxidation sites excluding steroid dienone is 1. The summed E-state index contributed by atoms with van der Waals surface area (Å²) in [5, 5.41) is 3.66. The molecule has 0 bridgehead atoms. The molecular weight excluding hydrogens is 222 g/mol. The number of nitrogens with one attached hydrogen (secondary N) is 1. The van der Waals surface area contributed by atoms with Crippen LogP contribution in [0.5, 0.6) is 5.75 Å². The molecule has 1 aromatic carbocycles. The molecule has 0 heterocycles. The zero-order valence-corrected chi connectivity index (χ0v) is 11.2. The Hall–Kier alpha value is -1.44. The molecule has 18 heavy (non-hydrogen) atoms. The second-order valence-corrected chi connectivity index (χ2v) is 5.05. The summed E-state index contributed by atoms with van der Waals surface area (Å²) in [6.07, 6.45) is 8.46. The zero-order valence-electron chi connectivity index (χ0n) is 11.2. The Morgan fingerprint density at radius 1 is 1.28 bits per heavy atom. The fourth-order valence-electron chi connectivity index (χ4n) is 2.80. The van der Waals surface area contributed by atoms with Gasteiger partial charge in [-0.15, -0.1) is 6.58 Å². The maximum absolute atomic E-state index is 5.18. The van der Waals surface area contributed by atoms with Crippen molar-refractivity contribution in [2.75, 3.05) is 12.4 Å². The Labute approximate surface area is 110 Å². The van der Waals surface area contributed by atoms with Crippen LogP contribution in [0.3, 0.4) is 0 Å². The van der Waals surface area contributed by atoms with Crippen molar-refractivity contribution in [2.45, 2.75) is 38.1 Å². The predicted octanol–water partition coefficient (Wildman–Crippen LogP) is 4.24. The lowest BCUT2D eigenvalue weighted by atomic mass is 9.82. The van der Waals surface area contributed by atoms with Gasteiger partial charge in [-0.25, -0.2) is 0 Å². The summed E-state index contributed by atoms with van der Waals surface area (Å²) in [5.41, 5.74) is 1.19. The van der Waals surface area contributed by atoms with E-state index in [0.717, 1.165) is 18.1 Å². The van der Waals surface area contributed by atoms with E-state index < -0.39 is 0 Å². The minimum atomic E-state index is 0.588. The zero-order chi connectivity index (χ0) is 12.8. The highest BCUT2D eigenvalue weighted by molar-refractivity contribution is 5.47. The Balaban J connectivity index is 1.98. The molecule has 0 saturated heterocycles. The molecule has 1 aliphatic rings. The molecule has 0 aromatic heterocycles. The summed E-state index contributed by atoms with van der Waals surface area (Å²) in [7, 11) is 1.70. The van der Waals surface area contributed by atoms with E-state index in [4.69, 9.17) is 4.74 Å². The molecule has 0 unspecified atom stereocenters. The van der Waals surface area contributed by atoms with E-state index in [1.54, 1.807) is 7.11 Å². The van der Waals surface area contributed by atoms with Crippen LogP contribution in [-0.4, -0.2) is 13.2 Å². The molecule has 2 heteroatoms. The van der Waals surface area contributed by atoms with Crippen LogP contribution in [0, 0.1) is 5.92 Å². The molecule has 2 rings (SSSR count). The third-order valence-corrected chi connectivity index (χ3v) is 3.82. The summed E-state index contributed by atoms with van der Waals surface area (Å²) in [4.78, 5) is 0. The number of benzene rings is 1. The Bertz CT molecular complexity index is 371. The fraction of sp³-hybridized carbons (Fsp3) is 0.500. The molecule has 2 nitrogen and oxygen atoms in total. The lowest BCUT2D eigenvalue weighted by molar-refractivity contribution is 0.328. The largest absolute Gasteiger partial charge is 0.497 e. The first-order chi connectivity index (χ1) is 8.83. The van der Waals surface area contributed by atoms with Crippen LogP contribution in [0.2, 0.25) is 0 Å². The number of ether oxygens (including phenoxy) is 1. The van der Waals surface area contributed by atoms with Crippen LogP contribution in [0.25, 0.3) is 0 Å². The average Bonchev–Trinajstić information content (AvgIpc) is 2.42. The molecule has 2 atom stereocenters. The fourth-order valence-corrected chi connectivity index (χ4v) is 2.80. The quantitative estimate of drug-likeness (QED) is 0.783. The monoisotopic (exact) mass is 245 g/mol. The van der Waals surface area contributed by atoms with Gasteiger partial charge in [0.2, 0.25) is 0 Å². The maximum Gasteiger partial charge on any atom is 0.119 e. The van der Waals surface area contributed by atoms with E-state index in [9.17, 15) is 0 Å². The normalized spacial score (nSPS) is 23.4. The highest BCUT2D eigenvalue weighted by Gasteiger charge is 2.23. The number of methoxy groups -OCH3 is 1. The Kier molecular flexibility index (Phi) is 4.68. The first-order valence-electron chi connectivity index (χ1n) is 6.85. The lowest BCUT2D eigenvalue weighted by Gasteiger charge is -2.32. The van der Waals surface area contributed by atoms with Crippen LogP contribution in [-0.2, 0) is 0 Å². The van der Waals surface area contributed by atoms with Gasteiger partial charge in [-0.3, -0.25) is 0 Å². The first-order valence-corrected chi connectivity index (χ1v) is 6.85. The van der Waals surface area contributed by atoms with E-state index in [1.807, 2.05) is 12.1 Å². The van der Waals surface area contributed by atoms with Crippen molar-refractivity contribution in [1.29, 1.82) is 0 Å². The Morgan fingerprint density at radius 3 is 2.67 bits per heavy atom. The van der Waals surface area contributed by atoms with Gasteiger partial charge in [0.1, 0.15) is 5.75 Å². The van der Waals surface area contributed by atoms with E-state index in [1.165, 1.54) is 31.4 Å². The number of hydrogen-bond donors (Lipinski definition) is 1. The van der Waals surface area contributed by atoms with Crippen molar-refractivity contribution >= 4 is 5.69 Å². The van der Waals surface area contributed by atoms with Gasteiger partial charge < -0.3 is 10.1 Å². The second kappa shape index (κ2) is 6.48. The molecule has 1 aliphatic carbocycles. The van der Waals surface area contributed by atoms with E-state index in [0.29, 0.717) is 6.04 Å². The third-order valence-electron chi connectivity index (χ3n) is 3.82. The van der Waals surface area contributed by atoms with E-state index >= 15 is 0 Å². The highest BCUT2D eigenvalue weighted by atomic mass is 16.5.